The molecule has 4 N–H and O–H groups in total. The first kappa shape index (κ1) is 26.4. The molecule has 1 aliphatic carbocycles. The molecular weight excluding hydrogens is 457 g/mol. The van der Waals surface area contributed by atoms with E-state index in [9.17, 15) is 32.3 Å². The Hall–Kier alpha value is -2.21. The molecule has 4 atom stereocenters. The van der Waals surface area contributed by atoms with Crippen molar-refractivity contribution in [3.05, 3.63) is 0 Å². The number of carbonyl (C=O) groups is 4. The highest BCUT2D eigenvalue weighted by atomic mass is 19.4. The van der Waals surface area contributed by atoms with E-state index in [0.717, 1.165) is 12.8 Å². The second-order valence-electron chi connectivity index (χ2n) is 10.2. The molecule has 0 unspecified atom stereocenters. The first-order valence-corrected chi connectivity index (χ1v) is 11.7. The molecule has 34 heavy (non-hydrogen) atoms. The summed E-state index contributed by atoms with van der Waals surface area (Å²) in [6.07, 6.45) is -2.16. The first-order valence-electron chi connectivity index (χ1n) is 11.7. The molecule has 2 saturated heterocycles. The van der Waals surface area contributed by atoms with Crippen molar-refractivity contribution >= 4 is 23.5 Å². The zero-order chi connectivity index (χ0) is 25.3. The average molecular weight is 491 g/mol. The Bertz CT molecular complexity index is 815. The summed E-state index contributed by atoms with van der Waals surface area (Å²) in [6, 6.07) is -2.99. The number of hydrogen-bond donors (Lipinski definition) is 3. The number of carbonyl (C=O) groups excluding carboxylic acids is 4. The molecule has 0 aromatic carbocycles. The van der Waals surface area contributed by atoms with Crippen molar-refractivity contribution in [1.29, 1.82) is 0 Å². The van der Waals surface area contributed by atoms with Crippen LogP contribution in [0.15, 0.2) is 0 Å². The van der Waals surface area contributed by atoms with Crippen molar-refractivity contribution in [2.45, 2.75) is 76.9 Å². The number of ether oxygens (including phenoxy) is 1. The van der Waals surface area contributed by atoms with Crippen molar-refractivity contribution in [2.75, 3.05) is 19.7 Å². The lowest BCUT2D eigenvalue weighted by Gasteiger charge is -2.29. The van der Waals surface area contributed by atoms with E-state index in [2.05, 4.69) is 15.4 Å². The van der Waals surface area contributed by atoms with Crippen LogP contribution in [-0.2, 0) is 23.9 Å². The lowest BCUT2D eigenvalue weighted by atomic mass is 9.95. The molecule has 3 aliphatic rings. The molecule has 12 heteroatoms. The molecule has 3 rings (SSSR count). The maximum absolute atomic E-state index is 13.2. The Kier molecular flexibility index (Phi) is 7.91. The third-order valence-corrected chi connectivity index (χ3v) is 6.86. The largest absolute Gasteiger partial charge is 0.522 e. The third kappa shape index (κ3) is 6.68. The fourth-order valence-electron chi connectivity index (χ4n) is 4.83. The summed E-state index contributed by atoms with van der Waals surface area (Å²) in [5.74, 6) is -2.72. The summed E-state index contributed by atoms with van der Waals surface area (Å²) in [4.78, 5) is 52.2. The van der Waals surface area contributed by atoms with Crippen LogP contribution in [0.1, 0.15) is 52.4 Å². The highest BCUT2D eigenvalue weighted by Crippen LogP contribution is 2.55. The van der Waals surface area contributed by atoms with Gasteiger partial charge in [-0.25, -0.2) is 0 Å². The summed E-state index contributed by atoms with van der Waals surface area (Å²) < 4.78 is 41.1. The van der Waals surface area contributed by atoms with Gasteiger partial charge in [0.1, 0.15) is 12.6 Å². The number of Topliss-reactive ketones (excluding diaryl/α,β-unsaturated/α-hetero) is 1. The molecule has 192 valence electrons. The van der Waals surface area contributed by atoms with Crippen LogP contribution >= 0.6 is 0 Å². The number of nitrogens with two attached hydrogens (primary N) is 1. The van der Waals surface area contributed by atoms with Gasteiger partial charge in [-0.3, -0.25) is 23.9 Å². The van der Waals surface area contributed by atoms with Crippen molar-refractivity contribution in [1.82, 2.24) is 15.5 Å². The summed E-state index contributed by atoms with van der Waals surface area (Å²) in [6.45, 7) is 3.36. The number of hydrogen-bond acceptors (Lipinski definition) is 6. The second kappa shape index (κ2) is 10.2. The van der Waals surface area contributed by atoms with Gasteiger partial charge in [0.25, 0.3) is 0 Å². The van der Waals surface area contributed by atoms with Crippen LogP contribution in [0.25, 0.3) is 0 Å². The molecule has 2 heterocycles. The Morgan fingerprint density at radius 2 is 1.97 bits per heavy atom. The third-order valence-electron chi connectivity index (χ3n) is 6.86. The van der Waals surface area contributed by atoms with Crippen LogP contribution in [0.5, 0.6) is 0 Å². The standard InChI is InChI=1S/C22H33F3N4O5/c1-12(2)7-14(26)20(33)29-11-21(4-5-21)9-16(29)19(32)28-15(8-13-3-6-27-18(13)31)17(30)10-34-22(23,24)25/h12-16H,3-11,26H2,1-2H3,(H,27,31)(H,28,32)/t13-,14+,15-,16-/m0/s1. The summed E-state index contributed by atoms with van der Waals surface area (Å²) in [5, 5.41) is 5.13. The van der Waals surface area contributed by atoms with E-state index in [-0.39, 0.29) is 29.6 Å². The number of amides is 3. The molecule has 2 aliphatic heterocycles. The van der Waals surface area contributed by atoms with Gasteiger partial charge in [0.05, 0.1) is 12.1 Å². The lowest BCUT2D eigenvalue weighted by Crippen LogP contribution is -2.54. The quantitative estimate of drug-likeness (QED) is 0.416. The smallest absolute Gasteiger partial charge is 0.356 e. The van der Waals surface area contributed by atoms with Crippen molar-refractivity contribution in [3.63, 3.8) is 0 Å². The molecule has 0 bridgehead atoms. The topological polar surface area (TPSA) is 131 Å². The SMILES string of the molecule is CC(C)C[C@@H](N)C(=O)N1CC2(CC2)C[C@H]1C(=O)N[C@@H](C[C@@H]1CCNC1=O)C(=O)COC(F)(F)F. The normalized spacial score (nSPS) is 25.4. The number of likely N-dealkylation sites (tertiary alicyclic amines) is 1. The molecular formula is C22H33F3N4O5. The van der Waals surface area contributed by atoms with Gasteiger partial charge in [0.2, 0.25) is 17.7 Å². The summed E-state index contributed by atoms with van der Waals surface area (Å²) >= 11 is 0. The van der Waals surface area contributed by atoms with Crippen LogP contribution in [-0.4, -0.2) is 72.6 Å². The predicted octanol–water partition coefficient (Wildman–Crippen LogP) is 0.857. The van der Waals surface area contributed by atoms with Gasteiger partial charge in [-0.05, 0) is 49.9 Å². The van der Waals surface area contributed by atoms with Gasteiger partial charge in [0.15, 0.2) is 5.78 Å². The summed E-state index contributed by atoms with van der Waals surface area (Å²) in [5.41, 5.74) is 5.93. The van der Waals surface area contributed by atoms with Gasteiger partial charge < -0.3 is 21.3 Å². The maximum atomic E-state index is 13.2. The number of rotatable bonds is 10. The van der Waals surface area contributed by atoms with Gasteiger partial charge in [-0.15, -0.1) is 13.2 Å². The lowest BCUT2D eigenvalue weighted by molar-refractivity contribution is -0.321. The van der Waals surface area contributed by atoms with Crippen molar-refractivity contribution < 1.29 is 37.1 Å². The highest BCUT2D eigenvalue weighted by Gasteiger charge is 2.55. The minimum Gasteiger partial charge on any atom is -0.356 e. The molecule has 1 saturated carbocycles. The Labute approximate surface area is 196 Å². The number of halogens is 3. The van der Waals surface area contributed by atoms with Crippen LogP contribution in [0, 0.1) is 17.3 Å². The zero-order valence-electron chi connectivity index (χ0n) is 19.5. The first-order chi connectivity index (χ1) is 15.8. The number of nitrogens with zero attached hydrogens (tertiary/aromatic N) is 1. The Balaban J connectivity index is 1.73. The van der Waals surface area contributed by atoms with E-state index in [1.165, 1.54) is 4.90 Å². The fourth-order valence-corrected chi connectivity index (χ4v) is 4.83. The van der Waals surface area contributed by atoms with Gasteiger partial charge in [-0.1, -0.05) is 13.8 Å². The monoisotopic (exact) mass is 490 g/mol. The summed E-state index contributed by atoms with van der Waals surface area (Å²) in [7, 11) is 0. The molecule has 3 amide bonds. The molecule has 3 fully saturated rings. The van der Waals surface area contributed by atoms with Crippen LogP contribution < -0.4 is 16.4 Å². The Morgan fingerprint density at radius 1 is 1.29 bits per heavy atom. The fraction of sp³-hybridized carbons (Fsp3) is 0.818. The van der Waals surface area contributed by atoms with Gasteiger partial charge in [-0.2, -0.15) is 0 Å². The predicted molar refractivity (Wildman–Crippen MR) is 114 cm³/mol. The van der Waals surface area contributed by atoms with E-state index in [1.807, 2.05) is 13.8 Å². The van der Waals surface area contributed by atoms with Gasteiger partial charge in [0, 0.05) is 19.0 Å². The maximum Gasteiger partial charge on any atom is 0.522 e. The molecule has 0 aromatic heterocycles. The van der Waals surface area contributed by atoms with E-state index in [4.69, 9.17) is 5.73 Å². The number of nitrogens with one attached hydrogen (secondary N) is 2. The molecule has 0 aromatic rings. The van der Waals surface area contributed by atoms with Crippen LogP contribution in [0.4, 0.5) is 13.2 Å². The van der Waals surface area contributed by atoms with Crippen LogP contribution in [0.3, 0.4) is 0 Å². The average Bonchev–Trinajstić information content (AvgIpc) is 3.19. The van der Waals surface area contributed by atoms with Crippen molar-refractivity contribution in [2.24, 2.45) is 23.0 Å². The number of ketones is 1. The number of alkyl halides is 3. The van der Waals surface area contributed by atoms with Crippen molar-refractivity contribution in [3.8, 4) is 0 Å². The Morgan fingerprint density at radius 3 is 2.50 bits per heavy atom. The molecule has 0 radical (unpaired) electrons. The molecule has 1 spiro atoms. The van der Waals surface area contributed by atoms with E-state index < -0.39 is 48.7 Å². The van der Waals surface area contributed by atoms with E-state index in [1.54, 1.807) is 0 Å². The van der Waals surface area contributed by atoms with E-state index in [0.29, 0.717) is 32.4 Å². The second-order valence-corrected chi connectivity index (χ2v) is 10.2. The zero-order valence-corrected chi connectivity index (χ0v) is 19.5. The highest BCUT2D eigenvalue weighted by molar-refractivity contribution is 5.95. The minimum absolute atomic E-state index is 0.143. The van der Waals surface area contributed by atoms with Gasteiger partial charge >= 0.3 is 6.36 Å². The molecule has 9 nitrogen and oxygen atoms in total. The minimum atomic E-state index is -5.01. The van der Waals surface area contributed by atoms with Crippen LogP contribution in [0.2, 0.25) is 0 Å². The van der Waals surface area contributed by atoms with E-state index >= 15 is 0 Å².